The van der Waals surface area contributed by atoms with Crippen molar-refractivity contribution >= 4 is 63.1 Å². The van der Waals surface area contributed by atoms with Crippen LogP contribution >= 0.6 is 23.2 Å². The second-order valence-electron chi connectivity index (χ2n) is 8.37. The maximum atomic E-state index is 13.2. The normalized spacial score (nSPS) is 13.8. The first-order chi connectivity index (χ1) is 18.5. The minimum atomic E-state index is -4.72. The van der Waals surface area contributed by atoms with Gasteiger partial charge in [-0.2, -0.15) is 13.2 Å². The van der Waals surface area contributed by atoms with Gasteiger partial charge in [0.15, 0.2) is 0 Å². The van der Waals surface area contributed by atoms with Gasteiger partial charge in [-0.15, -0.1) is 0 Å². The van der Waals surface area contributed by atoms with Crippen LogP contribution in [0.3, 0.4) is 0 Å². The SMILES string of the molecule is O=C(Oc1cccc2ccccc12)c1ccc(NC2=C(Cl)C(=O)N(c3cc(C(F)(F)F)ccc3Cl)C2=O)cc1. The minimum absolute atomic E-state index is 0.208. The zero-order valence-electron chi connectivity index (χ0n) is 19.6. The van der Waals surface area contributed by atoms with Gasteiger partial charge < -0.3 is 10.1 Å². The fraction of sp³-hybridized carbons (Fsp3) is 0.0357. The lowest BCUT2D eigenvalue weighted by Gasteiger charge is -2.18. The number of esters is 1. The molecule has 0 radical (unpaired) electrons. The number of halogens is 5. The van der Waals surface area contributed by atoms with E-state index in [9.17, 15) is 27.6 Å². The molecule has 0 saturated carbocycles. The highest BCUT2D eigenvalue weighted by Crippen LogP contribution is 2.39. The summed E-state index contributed by atoms with van der Waals surface area (Å²) in [5.74, 6) is -2.26. The lowest BCUT2D eigenvalue weighted by atomic mass is 10.1. The third kappa shape index (κ3) is 5.06. The zero-order valence-corrected chi connectivity index (χ0v) is 21.1. The number of imide groups is 1. The highest BCUT2D eigenvalue weighted by atomic mass is 35.5. The number of rotatable bonds is 5. The zero-order chi connectivity index (χ0) is 27.9. The van der Waals surface area contributed by atoms with Crippen molar-refractivity contribution in [2.24, 2.45) is 0 Å². The Morgan fingerprint density at radius 1 is 0.846 bits per heavy atom. The molecule has 0 aliphatic carbocycles. The van der Waals surface area contributed by atoms with Crippen molar-refractivity contribution in [1.82, 2.24) is 0 Å². The van der Waals surface area contributed by atoms with Crippen LogP contribution in [0.5, 0.6) is 5.75 Å². The van der Waals surface area contributed by atoms with Crippen LogP contribution in [0.4, 0.5) is 24.5 Å². The molecule has 196 valence electrons. The lowest BCUT2D eigenvalue weighted by molar-refractivity contribution is -0.137. The molecule has 11 heteroatoms. The largest absolute Gasteiger partial charge is 0.422 e. The second-order valence-corrected chi connectivity index (χ2v) is 9.15. The molecule has 0 bridgehead atoms. The molecule has 6 nitrogen and oxygen atoms in total. The van der Waals surface area contributed by atoms with Crippen molar-refractivity contribution in [2.45, 2.75) is 6.18 Å². The summed E-state index contributed by atoms with van der Waals surface area (Å²) in [6.45, 7) is 0. The summed E-state index contributed by atoms with van der Waals surface area (Å²) in [6.07, 6.45) is -4.72. The van der Waals surface area contributed by atoms with Gasteiger partial charge in [0.1, 0.15) is 16.5 Å². The maximum Gasteiger partial charge on any atom is 0.416 e. The molecular formula is C28H15Cl2F3N2O4. The fourth-order valence-corrected chi connectivity index (χ4v) is 4.38. The van der Waals surface area contributed by atoms with E-state index >= 15 is 0 Å². The molecule has 1 aliphatic rings. The Morgan fingerprint density at radius 2 is 1.54 bits per heavy atom. The summed E-state index contributed by atoms with van der Waals surface area (Å²) >= 11 is 12.1. The van der Waals surface area contributed by atoms with Crippen molar-refractivity contribution in [3.05, 3.63) is 112 Å². The van der Waals surface area contributed by atoms with Gasteiger partial charge in [-0.1, -0.05) is 59.6 Å². The number of hydrogen-bond acceptors (Lipinski definition) is 5. The lowest BCUT2D eigenvalue weighted by Crippen LogP contribution is -2.32. The van der Waals surface area contributed by atoms with Crippen LogP contribution < -0.4 is 15.0 Å². The van der Waals surface area contributed by atoms with Gasteiger partial charge in [0.05, 0.1) is 21.8 Å². The molecule has 0 saturated heterocycles. The summed E-state index contributed by atoms with van der Waals surface area (Å²) in [5, 5.41) is 3.59. The molecule has 1 N–H and O–H groups in total. The van der Waals surface area contributed by atoms with Crippen molar-refractivity contribution in [2.75, 3.05) is 10.2 Å². The number of anilines is 2. The van der Waals surface area contributed by atoms with Crippen molar-refractivity contribution in [3.63, 3.8) is 0 Å². The number of nitrogens with one attached hydrogen (secondary N) is 1. The minimum Gasteiger partial charge on any atom is -0.422 e. The second kappa shape index (κ2) is 10.1. The molecule has 0 unspecified atom stereocenters. The molecule has 5 rings (SSSR count). The van der Waals surface area contributed by atoms with E-state index in [1.54, 1.807) is 12.1 Å². The number of hydrogen-bond donors (Lipinski definition) is 1. The smallest absolute Gasteiger partial charge is 0.416 e. The number of carbonyl (C=O) groups excluding carboxylic acids is 3. The molecule has 4 aromatic rings. The maximum absolute atomic E-state index is 13.2. The summed E-state index contributed by atoms with van der Waals surface area (Å²) in [4.78, 5) is 38.9. The van der Waals surface area contributed by atoms with E-state index in [1.807, 2.05) is 30.3 Å². The Bertz CT molecular complexity index is 1680. The molecule has 0 atom stereocenters. The van der Waals surface area contributed by atoms with Gasteiger partial charge in [-0.25, -0.2) is 9.69 Å². The first-order valence-corrected chi connectivity index (χ1v) is 12.0. The van der Waals surface area contributed by atoms with E-state index in [4.69, 9.17) is 27.9 Å². The highest BCUT2D eigenvalue weighted by Gasteiger charge is 2.41. The van der Waals surface area contributed by atoms with Gasteiger partial charge >= 0.3 is 12.1 Å². The molecular weight excluding hydrogens is 556 g/mol. The van der Waals surface area contributed by atoms with Crippen LogP contribution in [0.25, 0.3) is 10.8 Å². The molecule has 0 aromatic heterocycles. The van der Waals surface area contributed by atoms with Gasteiger partial charge in [-0.05, 0) is 53.9 Å². The van der Waals surface area contributed by atoms with E-state index < -0.39 is 40.2 Å². The average Bonchev–Trinajstić information content (AvgIpc) is 3.12. The molecule has 4 aromatic carbocycles. The average molecular weight is 571 g/mol. The Morgan fingerprint density at radius 3 is 2.26 bits per heavy atom. The predicted octanol–water partition coefficient (Wildman–Crippen LogP) is 7.17. The summed E-state index contributed by atoms with van der Waals surface area (Å²) < 4.78 is 45.1. The third-order valence-corrected chi connectivity index (χ3v) is 6.55. The Hall–Kier alpha value is -4.34. The Balaban J connectivity index is 1.34. The summed E-state index contributed by atoms with van der Waals surface area (Å²) in [5.41, 5.74) is -1.42. The van der Waals surface area contributed by atoms with Gasteiger partial charge in [0, 0.05) is 11.1 Å². The molecule has 2 amide bonds. The Labute approximate surface area is 229 Å². The van der Waals surface area contributed by atoms with E-state index in [1.165, 1.54) is 24.3 Å². The van der Waals surface area contributed by atoms with Crippen LogP contribution in [0, 0.1) is 0 Å². The van der Waals surface area contributed by atoms with E-state index in [-0.39, 0.29) is 22.0 Å². The van der Waals surface area contributed by atoms with Crippen LogP contribution in [0.15, 0.2) is 95.7 Å². The van der Waals surface area contributed by atoms with E-state index in [2.05, 4.69) is 5.32 Å². The predicted molar refractivity (Wildman–Crippen MR) is 141 cm³/mol. The number of carbonyl (C=O) groups is 3. The van der Waals surface area contributed by atoms with Crippen molar-refractivity contribution < 1.29 is 32.3 Å². The molecule has 1 heterocycles. The first-order valence-electron chi connectivity index (χ1n) is 11.3. The van der Waals surface area contributed by atoms with Gasteiger partial charge in [0.25, 0.3) is 11.8 Å². The topological polar surface area (TPSA) is 75.7 Å². The fourth-order valence-electron chi connectivity index (χ4n) is 3.97. The van der Waals surface area contributed by atoms with Crippen LogP contribution in [0.1, 0.15) is 15.9 Å². The van der Waals surface area contributed by atoms with Gasteiger partial charge in [-0.3, -0.25) is 9.59 Å². The van der Waals surface area contributed by atoms with Crippen molar-refractivity contribution in [3.8, 4) is 5.75 Å². The first kappa shape index (κ1) is 26.3. The number of alkyl halides is 3. The molecule has 1 aliphatic heterocycles. The van der Waals surface area contributed by atoms with E-state index in [0.717, 1.165) is 22.9 Å². The van der Waals surface area contributed by atoms with Crippen LogP contribution in [-0.2, 0) is 15.8 Å². The monoisotopic (exact) mass is 570 g/mol. The molecule has 0 fully saturated rings. The van der Waals surface area contributed by atoms with Crippen LogP contribution in [0.2, 0.25) is 5.02 Å². The van der Waals surface area contributed by atoms with E-state index in [0.29, 0.717) is 16.7 Å². The number of nitrogens with zero attached hydrogens (tertiary/aromatic N) is 1. The van der Waals surface area contributed by atoms with Gasteiger partial charge in [0.2, 0.25) is 0 Å². The Kier molecular flexibility index (Phi) is 6.80. The third-order valence-electron chi connectivity index (χ3n) is 5.88. The molecule has 39 heavy (non-hydrogen) atoms. The summed E-state index contributed by atoms with van der Waals surface area (Å²) in [6, 6.07) is 20.8. The van der Waals surface area contributed by atoms with Crippen LogP contribution in [-0.4, -0.2) is 17.8 Å². The number of ether oxygens (including phenoxy) is 1. The quantitative estimate of drug-likeness (QED) is 0.156. The standard InChI is InChI=1S/C28H15Cl2F3N2O4/c29-20-13-10-17(28(31,32)33)14-21(20)35-25(36)23(30)24(26(35)37)34-18-11-8-16(9-12-18)27(38)39-22-7-3-5-15-4-1-2-6-19(15)22/h1-14,34H. The number of benzene rings is 4. The number of amides is 2. The highest BCUT2D eigenvalue weighted by molar-refractivity contribution is 6.53. The number of fused-ring (bicyclic) bond motifs is 1. The molecule has 0 spiro atoms. The summed E-state index contributed by atoms with van der Waals surface area (Å²) in [7, 11) is 0. The van der Waals surface area contributed by atoms with Crippen molar-refractivity contribution in [1.29, 1.82) is 0 Å².